The second-order valence-corrected chi connectivity index (χ2v) is 5.80. The molecule has 112 valence electrons. The van der Waals surface area contributed by atoms with Crippen LogP contribution in [0.15, 0.2) is 12.1 Å². The van der Waals surface area contributed by atoms with E-state index in [2.05, 4.69) is 0 Å². The van der Waals surface area contributed by atoms with Crippen molar-refractivity contribution in [1.82, 2.24) is 4.90 Å². The molecule has 1 aromatic carbocycles. The van der Waals surface area contributed by atoms with E-state index in [0.717, 1.165) is 6.07 Å². The molecule has 0 unspecified atom stereocenters. The number of ether oxygens (including phenoxy) is 2. The summed E-state index contributed by atoms with van der Waals surface area (Å²) in [5.74, 6) is -0.190. The van der Waals surface area contributed by atoms with Gasteiger partial charge >= 0.3 is 6.09 Å². The zero-order valence-corrected chi connectivity index (χ0v) is 12.3. The predicted molar refractivity (Wildman–Crippen MR) is 73.3 cm³/mol. The lowest BCUT2D eigenvalue weighted by Crippen LogP contribution is -2.37. The molecule has 6 heteroatoms. The van der Waals surface area contributed by atoms with E-state index in [1.54, 1.807) is 20.8 Å². The standard InChI is InChI=1S/C15H17FN2O3/c1-15(2,3)21-14(19)18-4-5-20-13-10(8-17)6-12(16)7-11(13)9-18/h6-7H,4-5,9H2,1-3H3. The third-order valence-electron chi connectivity index (χ3n) is 2.87. The molecule has 2 rings (SSSR count). The predicted octanol–water partition coefficient (Wildman–Crippen LogP) is 2.83. The van der Waals surface area contributed by atoms with Crippen LogP contribution in [-0.4, -0.2) is 29.7 Å². The number of fused-ring (bicyclic) bond motifs is 1. The zero-order valence-electron chi connectivity index (χ0n) is 12.3. The topological polar surface area (TPSA) is 62.6 Å². The van der Waals surface area contributed by atoms with Crippen LogP contribution in [-0.2, 0) is 11.3 Å². The molecule has 5 nitrogen and oxygen atoms in total. The highest BCUT2D eigenvalue weighted by Crippen LogP contribution is 2.29. The van der Waals surface area contributed by atoms with Crippen molar-refractivity contribution in [3.8, 4) is 11.8 Å². The van der Waals surface area contributed by atoms with Crippen LogP contribution in [0.4, 0.5) is 9.18 Å². The molecule has 0 aliphatic carbocycles. The van der Waals surface area contributed by atoms with Gasteiger partial charge in [-0.2, -0.15) is 5.26 Å². The molecule has 1 aliphatic heterocycles. The summed E-state index contributed by atoms with van der Waals surface area (Å²) in [6, 6.07) is 4.31. The van der Waals surface area contributed by atoms with E-state index >= 15 is 0 Å². The summed E-state index contributed by atoms with van der Waals surface area (Å²) in [7, 11) is 0. The van der Waals surface area contributed by atoms with Crippen LogP contribution in [0.1, 0.15) is 31.9 Å². The minimum atomic E-state index is -0.604. The van der Waals surface area contributed by atoms with Gasteiger partial charge in [0.2, 0.25) is 0 Å². The van der Waals surface area contributed by atoms with Crippen molar-refractivity contribution in [3.63, 3.8) is 0 Å². The summed E-state index contributed by atoms with van der Waals surface area (Å²) in [6.07, 6.45) is -0.485. The quantitative estimate of drug-likeness (QED) is 0.737. The van der Waals surface area contributed by atoms with Crippen molar-refractivity contribution in [2.24, 2.45) is 0 Å². The fraction of sp³-hybridized carbons (Fsp3) is 0.467. The summed E-state index contributed by atoms with van der Waals surface area (Å²) in [4.78, 5) is 13.5. The van der Waals surface area contributed by atoms with E-state index in [9.17, 15) is 9.18 Å². The first-order chi connectivity index (χ1) is 9.80. The molecule has 21 heavy (non-hydrogen) atoms. The van der Waals surface area contributed by atoms with E-state index in [1.165, 1.54) is 11.0 Å². The van der Waals surface area contributed by atoms with Crippen molar-refractivity contribution >= 4 is 6.09 Å². The molecule has 1 aromatic rings. The number of carbonyl (C=O) groups excluding carboxylic acids is 1. The average Bonchev–Trinajstić information content (AvgIpc) is 2.57. The number of nitrogens with zero attached hydrogens (tertiary/aromatic N) is 2. The zero-order chi connectivity index (χ0) is 15.6. The highest BCUT2D eigenvalue weighted by molar-refractivity contribution is 5.68. The number of hydrogen-bond acceptors (Lipinski definition) is 4. The fourth-order valence-electron chi connectivity index (χ4n) is 2.05. The van der Waals surface area contributed by atoms with Gasteiger partial charge in [-0.25, -0.2) is 9.18 Å². The smallest absolute Gasteiger partial charge is 0.410 e. The number of amides is 1. The van der Waals surface area contributed by atoms with Crippen LogP contribution in [0.3, 0.4) is 0 Å². The van der Waals surface area contributed by atoms with Gasteiger partial charge in [-0.3, -0.25) is 0 Å². The summed E-state index contributed by atoms with van der Waals surface area (Å²) >= 11 is 0. The summed E-state index contributed by atoms with van der Waals surface area (Å²) < 4.78 is 24.3. The first-order valence-corrected chi connectivity index (χ1v) is 6.63. The number of carbonyl (C=O) groups is 1. The summed E-state index contributed by atoms with van der Waals surface area (Å²) in [5.41, 5.74) is -0.00161. The van der Waals surface area contributed by atoms with Crippen LogP contribution in [0.25, 0.3) is 0 Å². The molecule has 0 atom stereocenters. The van der Waals surface area contributed by atoms with Gasteiger partial charge in [-0.15, -0.1) is 0 Å². The van der Waals surface area contributed by atoms with Crippen molar-refractivity contribution in [3.05, 3.63) is 29.1 Å². The Balaban J connectivity index is 2.27. The first-order valence-electron chi connectivity index (χ1n) is 6.63. The largest absolute Gasteiger partial charge is 0.490 e. The third-order valence-corrected chi connectivity index (χ3v) is 2.87. The van der Waals surface area contributed by atoms with Gasteiger partial charge in [0.15, 0.2) is 0 Å². The molecule has 1 heterocycles. The van der Waals surface area contributed by atoms with Gasteiger partial charge in [0.1, 0.15) is 29.8 Å². The highest BCUT2D eigenvalue weighted by atomic mass is 19.1. The molecule has 0 saturated heterocycles. The molecule has 1 amide bonds. The van der Waals surface area contributed by atoms with Crippen molar-refractivity contribution < 1.29 is 18.7 Å². The minimum absolute atomic E-state index is 0.135. The SMILES string of the molecule is CC(C)(C)OC(=O)N1CCOc2c(C#N)cc(F)cc2C1. The Morgan fingerprint density at radius 3 is 2.81 bits per heavy atom. The normalized spacial score (nSPS) is 14.5. The van der Waals surface area contributed by atoms with Gasteiger partial charge in [0.05, 0.1) is 18.7 Å². The van der Waals surface area contributed by atoms with Gasteiger partial charge in [0.25, 0.3) is 0 Å². The number of rotatable bonds is 0. The lowest BCUT2D eigenvalue weighted by Gasteiger charge is -2.26. The average molecular weight is 292 g/mol. The molecule has 0 spiro atoms. The molecular weight excluding hydrogens is 275 g/mol. The van der Waals surface area contributed by atoms with Gasteiger partial charge in [0, 0.05) is 5.56 Å². The van der Waals surface area contributed by atoms with E-state index in [1.807, 2.05) is 6.07 Å². The van der Waals surface area contributed by atoms with Crippen LogP contribution in [0.5, 0.6) is 5.75 Å². The first kappa shape index (κ1) is 15.1. The Labute approximate surface area is 122 Å². The molecular formula is C15H17FN2O3. The summed E-state index contributed by atoms with van der Waals surface area (Å²) in [5, 5.41) is 9.04. The molecule has 0 radical (unpaired) electrons. The van der Waals surface area contributed by atoms with Crippen molar-refractivity contribution in [2.45, 2.75) is 32.9 Å². The number of nitriles is 1. The second-order valence-electron chi connectivity index (χ2n) is 5.80. The molecule has 1 aliphatic rings. The van der Waals surface area contributed by atoms with Crippen LogP contribution < -0.4 is 4.74 Å². The molecule has 0 N–H and O–H groups in total. The minimum Gasteiger partial charge on any atom is -0.490 e. The van der Waals surface area contributed by atoms with Gasteiger partial charge < -0.3 is 14.4 Å². The number of halogens is 1. The fourth-order valence-corrected chi connectivity index (χ4v) is 2.05. The number of benzene rings is 1. The van der Waals surface area contributed by atoms with E-state index in [-0.39, 0.29) is 18.7 Å². The van der Waals surface area contributed by atoms with Crippen molar-refractivity contribution in [2.75, 3.05) is 13.2 Å². The van der Waals surface area contributed by atoms with Gasteiger partial charge in [-0.1, -0.05) is 0 Å². The van der Waals surface area contributed by atoms with Crippen LogP contribution in [0, 0.1) is 17.1 Å². The lowest BCUT2D eigenvalue weighted by atomic mass is 10.1. The molecule has 0 aromatic heterocycles. The molecule has 0 saturated carbocycles. The van der Waals surface area contributed by atoms with E-state index in [0.29, 0.717) is 17.9 Å². The second kappa shape index (κ2) is 5.60. The van der Waals surface area contributed by atoms with E-state index < -0.39 is 17.5 Å². The maximum atomic E-state index is 13.5. The Bertz CT molecular complexity index is 602. The molecule has 0 fully saturated rings. The molecule has 0 bridgehead atoms. The van der Waals surface area contributed by atoms with Gasteiger partial charge in [-0.05, 0) is 32.9 Å². The lowest BCUT2D eigenvalue weighted by molar-refractivity contribution is 0.0225. The van der Waals surface area contributed by atoms with Crippen molar-refractivity contribution in [1.29, 1.82) is 5.26 Å². The van der Waals surface area contributed by atoms with Crippen LogP contribution in [0.2, 0.25) is 0 Å². The maximum Gasteiger partial charge on any atom is 0.410 e. The third kappa shape index (κ3) is 3.63. The Morgan fingerprint density at radius 1 is 1.48 bits per heavy atom. The van der Waals surface area contributed by atoms with E-state index in [4.69, 9.17) is 14.7 Å². The van der Waals surface area contributed by atoms with Crippen LogP contribution >= 0.6 is 0 Å². The Hall–Kier alpha value is -2.29. The number of hydrogen-bond donors (Lipinski definition) is 0. The maximum absolute atomic E-state index is 13.5. The monoisotopic (exact) mass is 292 g/mol. The Morgan fingerprint density at radius 2 is 2.19 bits per heavy atom. The highest BCUT2D eigenvalue weighted by Gasteiger charge is 2.26. The summed E-state index contributed by atoms with van der Waals surface area (Å²) in [6.45, 7) is 6.03. The Kier molecular flexibility index (Phi) is 4.03.